The molecule has 0 aliphatic heterocycles. The number of fused-ring (bicyclic) bond motifs is 1. The molecule has 92 valence electrons. The predicted octanol–water partition coefficient (Wildman–Crippen LogP) is 2.50. The van der Waals surface area contributed by atoms with Gasteiger partial charge in [0.2, 0.25) is 0 Å². The van der Waals surface area contributed by atoms with E-state index in [1.165, 1.54) is 0 Å². The van der Waals surface area contributed by atoms with E-state index in [0.29, 0.717) is 5.92 Å². The molecule has 1 atom stereocenters. The maximum Gasteiger partial charge on any atom is 0.138 e. The number of aromatic nitrogens is 2. The molecule has 2 rings (SSSR count). The van der Waals surface area contributed by atoms with E-state index in [1.54, 1.807) is 0 Å². The molecule has 0 fully saturated rings. The average Bonchev–Trinajstić information content (AvgIpc) is 2.65. The SMILES string of the molecule is CCC(C)c1nc2ccc(N(C)C)cn2c1N. The van der Waals surface area contributed by atoms with E-state index in [-0.39, 0.29) is 0 Å². The van der Waals surface area contributed by atoms with Crippen molar-refractivity contribution >= 4 is 17.2 Å². The van der Waals surface area contributed by atoms with Gasteiger partial charge in [-0.1, -0.05) is 13.8 Å². The maximum atomic E-state index is 6.17. The standard InChI is InChI=1S/C13H20N4/c1-5-9(2)12-13(14)17-8-10(16(3)4)6-7-11(17)15-12/h6-9H,5,14H2,1-4H3. The van der Waals surface area contributed by atoms with Crippen molar-refractivity contribution in [1.82, 2.24) is 9.38 Å². The monoisotopic (exact) mass is 232 g/mol. The van der Waals surface area contributed by atoms with E-state index in [4.69, 9.17) is 5.73 Å². The zero-order valence-corrected chi connectivity index (χ0v) is 10.9. The molecule has 17 heavy (non-hydrogen) atoms. The van der Waals surface area contributed by atoms with Crippen LogP contribution in [0.2, 0.25) is 0 Å². The summed E-state index contributed by atoms with van der Waals surface area (Å²) in [7, 11) is 4.04. The Morgan fingerprint density at radius 2 is 2.12 bits per heavy atom. The van der Waals surface area contributed by atoms with Gasteiger partial charge in [-0.15, -0.1) is 0 Å². The summed E-state index contributed by atoms with van der Waals surface area (Å²) in [6, 6.07) is 4.07. The fourth-order valence-electron chi connectivity index (χ4n) is 1.89. The van der Waals surface area contributed by atoms with Crippen LogP contribution >= 0.6 is 0 Å². The van der Waals surface area contributed by atoms with Gasteiger partial charge in [0.1, 0.15) is 11.5 Å². The minimum atomic E-state index is 0.401. The fourth-order valence-corrected chi connectivity index (χ4v) is 1.89. The number of nitrogens with two attached hydrogens (primary N) is 1. The maximum absolute atomic E-state index is 6.17. The van der Waals surface area contributed by atoms with Crippen molar-refractivity contribution in [2.45, 2.75) is 26.2 Å². The van der Waals surface area contributed by atoms with E-state index in [0.717, 1.165) is 29.3 Å². The summed E-state index contributed by atoms with van der Waals surface area (Å²) in [5, 5.41) is 0. The molecular weight excluding hydrogens is 212 g/mol. The fraction of sp³-hybridized carbons (Fsp3) is 0.462. The number of pyridine rings is 1. The van der Waals surface area contributed by atoms with Gasteiger partial charge in [-0.3, -0.25) is 4.40 Å². The number of nitrogens with zero attached hydrogens (tertiary/aromatic N) is 3. The zero-order valence-electron chi connectivity index (χ0n) is 10.9. The third-order valence-corrected chi connectivity index (χ3v) is 3.26. The summed E-state index contributed by atoms with van der Waals surface area (Å²) >= 11 is 0. The Bertz CT molecular complexity index is 527. The van der Waals surface area contributed by atoms with Gasteiger partial charge in [-0.05, 0) is 18.6 Å². The van der Waals surface area contributed by atoms with Crippen molar-refractivity contribution in [3.05, 3.63) is 24.0 Å². The Morgan fingerprint density at radius 3 is 2.71 bits per heavy atom. The lowest BCUT2D eigenvalue weighted by Gasteiger charge is -2.12. The lowest BCUT2D eigenvalue weighted by atomic mass is 10.1. The van der Waals surface area contributed by atoms with Crippen molar-refractivity contribution in [2.75, 3.05) is 24.7 Å². The first-order chi connectivity index (χ1) is 8.04. The van der Waals surface area contributed by atoms with Crippen molar-refractivity contribution in [2.24, 2.45) is 0 Å². The van der Waals surface area contributed by atoms with E-state index in [9.17, 15) is 0 Å². The first-order valence-corrected chi connectivity index (χ1v) is 5.99. The molecule has 2 N–H and O–H groups in total. The van der Waals surface area contributed by atoms with Gasteiger partial charge < -0.3 is 10.6 Å². The van der Waals surface area contributed by atoms with E-state index in [1.807, 2.05) is 30.8 Å². The van der Waals surface area contributed by atoms with E-state index < -0.39 is 0 Å². The highest BCUT2D eigenvalue weighted by molar-refractivity contribution is 5.58. The summed E-state index contributed by atoms with van der Waals surface area (Å²) in [5.74, 6) is 1.16. The highest BCUT2D eigenvalue weighted by Gasteiger charge is 2.14. The molecule has 2 aromatic heterocycles. The quantitative estimate of drug-likeness (QED) is 0.884. The highest BCUT2D eigenvalue weighted by Crippen LogP contribution is 2.26. The number of rotatable bonds is 3. The van der Waals surface area contributed by atoms with Crippen LogP contribution < -0.4 is 10.6 Å². The predicted molar refractivity (Wildman–Crippen MR) is 72.6 cm³/mol. The molecule has 0 radical (unpaired) electrons. The molecule has 1 unspecified atom stereocenters. The van der Waals surface area contributed by atoms with Gasteiger partial charge in [0.25, 0.3) is 0 Å². The number of anilines is 2. The van der Waals surface area contributed by atoms with Crippen LogP contribution in [0.4, 0.5) is 11.5 Å². The second-order valence-electron chi connectivity index (χ2n) is 4.70. The van der Waals surface area contributed by atoms with Gasteiger partial charge in [-0.2, -0.15) is 0 Å². The Hall–Kier alpha value is -1.71. The van der Waals surface area contributed by atoms with Crippen molar-refractivity contribution in [3.8, 4) is 0 Å². The van der Waals surface area contributed by atoms with E-state index in [2.05, 4.69) is 29.8 Å². The lowest BCUT2D eigenvalue weighted by Crippen LogP contribution is -2.09. The molecule has 4 heteroatoms. The molecule has 2 aromatic rings. The average molecular weight is 232 g/mol. The van der Waals surface area contributed by atoms with Gasteiger partial charge in [0.15, 0.2) is 0 Å². The van der Waals surface area contributed by atoms with Crippen LogP contribution in [0.5, 0.6) is 0 Å². The summed E-state index contributed by atoms with van der Waals surface area (Å²) < 4.78 is 1.97. The molecule has 0 aliphatic rings. The molecule has 0 amide bonds. The molecule has 0 aromatic carbocycles. The number of imidazole rings is 1. The Labute approximate surface area is 102 Å². The summed E-state index contributed by atoms with van der Waals surface area (Å²) in [5.41, 5.74) is 9.21. The summed E-state index contributed by atoms with van der Waals surface area (Å²) in [6.07, 6.45) is 3.08. The minimum absolute atomic E-state index is 0.401. The lowest BCUT2D eigenvalue weighted by molar-refractivity contribution is 0.716. The number of hydrogen-bond acceptors (Lipinski definition) is 3. The molecule has 0 spiro atoms. The van der Waals surface area contributed by atoms with Gasteiger partial charge >= 0.3 is 0 Å². The first kappa shape index (κ1) is 11.8. The van der Waals surface area contributed by atoms with Crippen LogP contribution in [0.15, 0.2) is 18.3 Å². The van der Waals surface area contributed by atoms with Crippen molar-refractivity contribution in [3.63, 3.8) is 0 Å². The summed E-state index contributed by atoms with van der Waals surface area (Å²) in [6.45, 7) is 4.31. The molecule has 0 saturated heterocycles. The third-order valence-electron chi connectivity index (χ3n) is 3.26. The van der Waals surface area contributed by atoms with Crippen LogP contribution in [0.3, 0.4) is 0 Å². The molecular formula is C13H20N4. The van der Waals surface area contributed by atoms with Crippen LogP contribution in [-0.2, 0) is 0 Å². The number of nitrogen functional groups attached to an aromatic ring is 1. The molecule has 0 saturated carbocycles. The molecule has 4 nitrogen and oxygen atoms in total. The second kappa shape index (κ2) is 4.28. The van der Waals surface area contributed by atoms with Crippen LogP contribution in [0, 0.1) is 0 Å². The minimum Gasteiger partial charge on any atom is -0.383 e. The number of hydrogen-bond donors (Lipinski definition) is 1. The highest BCUT2D eigenvalue weighted by atomic mass is 15.1. The van der Waals surface area contributed by atoms with Gasteiger partial charge in [-0.25, -0.2) is 4.98 Å². The van der Waals surface area contributed by atoms with Gasteiger partial charge in [0, 0.05) is 26.2 Å². The first-order valence-electron chi connectivity index (χ1n) is 5.99. The normalized spacial score (nSPS) is 12.9. The summed E-state index contributed by atoms with van der Waals surface area (Å²) in [4.78, 5) is 6.66. The second-order valence-corrected chi connectivity index (χ2v) is 4.70. The molecule has 0 aliphatic carbocycles. The van der Waals surface area contributed by atoms with Crippen LogP contribution in [0.25, 0.3) is 5.65 Å². The Kier molecular flexibility index (Phi) is 2.96. The largest absolute Gasteiger partial charge is 0.383 e. The van der Waals surface area contributed by atoms with Crippen molar-refractivity contribution < 1.29 is 0 Å². The Morgan fingerprint density at radius 1 is 1.41 bits per heavy atom. The van der Waals surface area contributed by atoms with E-state index >= 15 is 0 Å². The zero-order chi connectivity index (χ0) is 12.6. The smallest absolute Gasteiger partial charge is 0.138 e. The van der Waals surface area contributed by atoms with Gasteiger partial charge in [0.05, 0.1) is 11.4 Å². The van der Waals surface area contributed by atoms with Crippen molar-refractivity contribution in [1.29, 1.82) is 0 Å². The topological polar surface area (TPSA) is 46.6 Å². The Balaban J connectivity index is 2.58. The third kappa shape index (κ3) is 1.95. The molecule has 0 bridgehead atoms. The molecule has 2 heterocycles. The van der Waals surface area contributed by atoms with Crippen LogP contribution in [-0.4, -0.2) is 23.5 Å². The van der Waals surface area contributed by atoms with Crippen LogP contribution in [0.1, 0.15) is 31.9 Å².